The highest BCUT2D eigenvalue weighted by atomic mass is 35.5. The third-order valence-corrected chi connectivity index (χ3v) is 3.79. The zero-order valence-electron chi connectivity index (χ0n) is 11.6. The van der Waals surface area contributed by atoms with Gasteiger partial charge in [-0.15, -0.1) is 0 Å². The molecule has 0 unspecified atom stereocenters. The molecule has 1 heterocycles. The first kappa shape index (κ1) is 14.8. The van der Waals surface area contributed by atoms with E-state index in [0.717, 1.165) is 51.0 Å². The molecule has 0 aliphatic carbocycles. The van der Waals surface area contributed by atoms with Crippen LogP contribution in [-0.2, 0) is 11.3 Å². The normalized spacial score (nSPS) is 16.7. The van der Waals surface area contributed by atoms with Crippen LogP contribution in [0.1, 0.15) is 17.5 Å². The van der Waals surface area contributed by atoms with Crippen LogP contribution < -0.4 is 5.32 Å². The number of nitrogens with one attached hydrogen (secondary N) is 1. The van der Waals surface area contributed by atoms with Gasteiger partial charge in [0.2, 0.25) is 0 Å². The summed E-state index contributed by atoms with van der Waals surface area (Å²) in [5.74, 6) is 0. The second kappa shape index (κ2) is 7.85. The molecule has 0 aromatic heterocycles. The Morgan fingerprint density at radius 1 is 1.32 bits per heavy atom. The summed E-state index contributed by atoms with van der Waals surface area (Å²) in [6.07, 6.45) is 1.19. The van der Waals surface area contributed by atoms with E-state index in [4.69, 9.17) is 16.3 Å². The summed E-state index contributed by atoms with van der Waals surface area (Å²) >= 11 is 5.95. The molecule has 1 saturated heterocycles. The summed E-state index contributed by atoms with van der Waals surface area (Å²) in [6.45, 7) is 9.18. The predicted molar refractivity (Wildman–Crippen MR) is 79.8 cm³/mol. The number of aryl methyl sites for hydroxylation is 1. The van der Waals surface area contributed by atoms with Gasteiger partial charge in [0.25, 0.3) is 0 Å². The maximum atomic E-state index is 5.95. The zero-order valence-corrected chi connectivity index (χ0v) is 12.4. The van der Waals surface area contributed by atoms with Crippen molar-refractivity contribution >= 4 is 11.6 Å². The van der Waals surface area contributed by atoms with Crippen LogP contribution in [0.4, 0.5) is 0 Å². The van der Waals surface area contributed by atoms with Gasteiger partial charge in [-0.05, 0) is 49.7 Å². The number of morpholine rings is 1. The Hall–Kier alpha value is -0.610. The predicted octanol–water partition coefficient (Wildman–Crippen LogP) is 2.46. The fourth-order valence-corrected chi connectivity index (χ4v) is 2.56. The molecule has 0 spiro atoms. The smallest absolute Gasteiger partial charge is 0.0594 e. The lowest BCUT2D eigenvalue weighted by molar-refractivity contribution is 0.0374. The largest absolute Gasteiger partial charge is 0.379 e. The standard InChI is InChI=1S/C15H23ClN2O/c1-13-11-15(16)4-3-14(13)12-17-5-2-6-18-7-9-19-10-8-18/h3-4,11,17H,2,5-10,12H2,1H3. The molecule has 2 rings (SSSR count). The Bertz CT molecular complexity index is 392. The van der Waals surface area contributed by atoms with Crippen LogP contribution in [0.3, 0.4) is 0 Å². The molecule has 1 aliphatic heterocycles. The molecule has 1 aliphatic rings. The minimum Gasteiger partial charge on any atom is -0.379 e. The third-order valence-electron chi connectivity index (χ3n) is 3.55. The van der Waals surface area contributed by atoms with Crippen molar-refractivity contribution < 1.29 is 4.74 Å². The summed E-state index contributed by atoms with van der Waals surface area (Å²) < 4.78 is 5.34. The molecule has 19 heavy (non-hydrogen) atoms. The molecule has 1 aromatic rings. The number of halogens is 1. The van der Waals surface area contributed by atoms with Crippen molar-refractivity contribution in [1.29, 1.82) is 0 Å². The van der Waals surface area contributed by atoms with Gasteiger partial charge in [-0.1, -0.05) is 17.7 Å². The van der Waals surface area contributed by atoms with E-state index in [1.807, 2.05) is 12.1 Å². The van der Waals surface area contributed by atoms with Gasteiger partial charge in [-0.25, -0.2) is 0 Å². The molecule has 0 radical (unpaired) electrons. The van der Waals surface area contributed by atoms with E-state index in [9.17, 15) is 0 Å². The third kappa shape index (κ3) is 5.11. The molecule has 1 N–H and O–H groups in total. The van der Waals surface area contributed by atoms with Crippen molar-refractivity contribution in [1.82, 2.24) is 10.2 Å². The number of nitrogens with zero attached hydrogens (tertiary/aromatic N) is 1. The molecule has 106 valence electrons. The van der Waals surface area contributed by atoms with Crippen molar-refractivity contribution in [2.75, 3.05) is 39.4 Å². The number of benzene rings is 1. The molecule has 1 aromatic carbocycles. The summed E-state index contributed by atoms with van der Waals surface area (Å²) in [6, 6.07) is 6.08. The Kier molecular flexibility index (Phi) is 6.11. The zero-order chi connectivity index (χ0) is 13.5. The minimum atomic E-state index is 0.813. The second-order valence-corrected chi connectivity index (χ2v) is 5.49. The lowest BCUT2D eigenvalue weighted by Gasteiger charge is -2.26. The highest BCUT2D eigenvalue weighted by molar-refractivity contribution is 6.30. The lowest BCUT2D eigenvalue weighted by Crippen LogP contribution is -2.37. The summed E-state index contributed by atoms with van der Waals surface area (Å²) in [7, 11) is 0. The van der Waals surface area contributed by atoms with Gasteiger partial charge in [-0.2, -0.15) is 0 Å². The van der Waals surface area contributed by atoms with Crippen LogP contribution in [-0.4, -0.2) is 44.3 Å². The van der Waals surface area contributed by atoms with Gasteiger partial charge in [0.05, 0.1) is 13.2 Å². The molecule has 1 fully saturated rings. The van der Waals surface area contributed by atoms with E-state index in [-0.39, 0.29) is 0 Å². The highest BCUT2D eigenvalue weighted by Gasteiger charge is 2.08. The molecule has 0 bridgehead atoms. The number of rotatable bonds is 6. The molecular weight excluding hydrogens is 260 g/mol. The van der Waals surface area contributed by atoms with Crippen LogP contribution in [0.5, 0.6) is 0 Å². The number of hydrogen-bond acceptors (Lipinski definition) is 3. The Morgan fingerprint density at radius 2 is 2.11 bits per heavy atom. The Morgan fingerprint density at radius 3 is 2.84 bits per heavy atom. The van der Waals surface area contributed by atoms with Crippen LogP contribution in [0.25, 0.3) is 0 Å². The number of hydrogen-bond donors (Lipinski definition) is 1. The van der Waals surface area contributed by atoms with E-state index in [0.29, 0.717) is 0 Å². The number of ether oxygens (including phenoxy) is 1. The minimum absolute atomic E-state index is 0.813. The van der Waals surface area contributed by atoms with E-state index in [2.05, 4.69) is 23.2 Å². The van der Waals surface area contributed by atoms with E-state index in [1.54, 1.807) is 0 Å². The van der Waals surface area contributed by atoms with Crippen molar-refractivity contribution in [2.24, 2.45) is 0 Å². The molecule has 4 heteroatoms. The van der Waals surface area contributed by atoms with Gasteiger partial charge >= 0.3 is 0 Å². The Labute approximate surface area is 120 Å². The fourth-order valence-electron chi connectivity index (χ4n) is 2.33. The van der Waals surface area contributed by atoms with Gasteiger partial charge < -0.3 is 10.1 Å². The second-order valence-electron chi connectivity index (χ2n) is 5.06. The van der Waals surface area contributed by atoms with Crippen molar-refractivity contribution in [3.63, 3.8) is 0 Å². The fraction of sp³-hybridized carbons (Fsp3) is 0.600. The summed E-state index contributed by atoms with van der Waals surface area (Å²) in [4.78, 5) is 2.47. The van der Waals surface area contributed by atoms with Gasteiger partial charge in [0.15, 0.2) is 0 Å². The molecule has 0 saturated carbocycles. The van der Waals surface area contributed by atoms with Gasteiger partial charge in [0, 0.05) is 24.7 Å². The van der Waals surface area contributed by atoms with Gasteiger partial charge in [-0.3, -0.25) is 4.90 Å². The van der Waals surface area contributed by atoms with Crippen LogP contribution >= 0.6 is 11.6 Å². The average Bonchev–Trinajstić information content (AvgIpc) is 2.42. The quantitative estimate of drug-likeness (QED) is 0.811. The first-order valence-corrected chi connectivity index (χ1v) is 7.39. The van der Waals surface area contributed by atoms with Crippen LogP contribution in [0.2, 0.25) is 5.02 Å². The van der Waals surface area contributed by atoms with Crippen molar-refractivity contribution in [2.45, 2.75) is 19.9 Å². The highest BCUT2D eigenvalue weighted by Crippen LogP contribution is 2.14. The monoisotopic (exact) mass is 282 g/mol. The topological polar surface area (TPSA) is 24.5 Å². The maximum Gasteiger partial charge on any atom is 0.0594 e. The molecule has 0 amide bonds. The molecular formula is C15H23ClN2O. The first-order chi connectivity index (χ1) is 9.25. The van der Waals surface area contributed by atoms with E-state index < -0.39 is 0 Å². The van der Waals surface area contributed by atoms with E-state index >= 15 is 0 Å². The van der Waals surface area contributed by atoms with Gasteiger partial charge in [0.1, 0.15) is 0 Å². The van der Waals surface area contributed by atoms with Crippen LogP contribution in [0.15, 0.2) is 18.2 Å². The molecule has 0 atom stereocenters. The first-order valence-electron chi connectivity index (χ1n) is 7.01. The van der Waals surface area contributed by atoms with Crippen molar-refractivity contribution in [3.05, 3.63) is 34.3 Å². The van der Waals surface area contributed by atoms with E-state index in [1.165, 1.54) is 17.5 Å². The Balaban J connectivity index is 1.61. The average molecular weight is 283 g/mol. The van der Waals surface area contributed by atoms with Crippen LogP contribution in [0, 0.1) is 6.92 Å². The summed E-state index contributed by atoms with van der Waals surface area (Å²) in [5.41, 5.74) is 2.59. The molecule has 3 nitrogen and oxygen atoms in total. The van der Waals surface area contributed by atoms with Crippen molar-refractivity contribution in [3.8, 4) is 0 Å². The maximum absolute atomic E-state index is 5.95. The summed E-state index contributed by atoms with van der Waals surface area (Å²) in [5, 5.41) is 4.31. The SMILES string of the molecule is Cc1cc(Cl)ccc1CNCCCN1CCOCC1. The lowest BCUT2D eigenvalue weighted by atomic mass is 10.1.